The molecule has 0 fully saturated rings. The highest BCUT2D eigenvalue weighted by Gasteiger charge is 2.30. The van der Waals surface area contributed by atoms with Gasteiger partial charge in [0.2, 0.25) is 11.5 Å². The molecule has 33 heavy (non-hydrogen) atoms. The zero-order valence-electron chi connectivity index (χ0n) is 17.1. The molecule has 0 radical (unpaired) electrons. The molecule has 10 nitrogen and oxygen atoms in total. The fraction of sp³-hybridized carbons (Fsp3) is 0.174. The van der Waals surface area contributed by atoms with Crippen LogP contribution in [0.25, 0.3) is 11.1 Å². The van der Waals surface area contributed by atoms with Gasteiger partial charge in [0.1, 0.15) is 12.6 Å². The van der Waals surface area contributed by atoms with Crippen LogP contribution in [0.2, 0.25) is 0 Å². The molecule has 3 N–H and O–H groups in total. The lowest BCUT2D eigenvalue weighted by molar-refractivity contribution is -0.139. The van der Waals surface area contributed by atoms with E-state index in [1.165, 1.54) is 0 Å². The molecule has 0 saturated carbocycles. The van der Waals surface area contributed by atoms with Crippen LogP contribution >= 0.6 is 0 Å². The van der Waals surface area contributed by atoms with E-state index in [1.54, 1.807) is 0 Å². The highest BCUT2D eigenvalue weighted by atomic mass is 16.6. The summed E-state index contributed by atoms with van der Waals surface area (Å²) in [5.74, 6) is -0.542. The molecule has 2 amide bonds. The number of fused-ring (bicyclic) bond motifs is 3. The van der Waals surface area contributed by atoms with E-state index >= 15 is 0 Å². The summed E-state index contributed by atoms with van der Waals surface area (Å²) >= 11 is 0. The number of carbonyl (C=O) groups excluding carboxylic acids is 2. The molecule has 1 atom stereocenters. The molecule has 2 aromatic carbocycles. The normalized spacial score (nSPS) is 12.7. The SMILES string of the molecule is C#CCC(NC(=O)c1nonc1NC(=O)OCC1c2ccccc2-c2ccccc21)C(=O)O. The number of nitrogens with zero attached hydrogens (tertiary/aromatic N) is 2. The average molecular weight is 446 g/mol. The van der Waals surface area contributed by atoms with E-state index in [-0.39, 0.29) is 24.8 Å². The van der Waals surface area contributed by atoms with E-state index in [1.807, 2.05) is 48.5 Å². The number of ether oxygens (including phenoxy) is 1. The Bertz CT molecular complexity index is 1220. The smallest absolute Gasteiger partial charge is 0.412 e. The molecule has 0 bridgehead atoms. The summed E-state index contributed by atoms with van der Waals surface area (Å²) in [6.45, 7) is 0.0515. The van der Waals surface area contributed by atoms with Crippen molar-refractivity contribution >= 4 is 23.8 Å². The van der Waals surface area contributed by atoms with Crippen molar-refractivity contribution in [2.24, 2.45) is 0 Å². The third-order valence-electron chi connectivity index (χ3n) is 5.19. The van der Waals surface area contributed by atoms with E-state index in [0.29, 0.717) is 0 Å². The van der Waals surface area contributed by atoms with Crippen molar-refractivity contribution in [1.82, 2.24) is 15.6 Å². The molecule has 3 aromatic rings. The number of nitrogens with one attached hydrogen (secondary N) is 2. The Morgan fingerprint density at radius 3 is 2.33 bits per heavy atom. The Kier molecular flexibility index (Phi) is 6.04. The lowest BCUT2D eigenvalue weighted by Crippen LogP contribution is -2.41. The third-order valence-corrected chi connectivity index (χ3v) is 5.19. The van der Waals surface area contributed by atoms with Gasteiger partial charge < -0.3 is 15.2 Å². The van der Waals surface area contributed by atoms with Gasteiger partial charge in [0.05, 0.1) is 0 Å². The Morgan fingerprint density at radius 1 is 1.09 bits per heavy atom. The van der Waals surface area contributed by atoms with Crippen LogP contribution in [0.3, 0.4) is 0 Å². The summed E-state index contributed by atoms with van der Waals surface area (Å²) in [5.41, 5.74) is 3.85. The largest absolute Gasteiger partial charge is 0.480 e. The average Bonchev–Trinajstić information content (AvgIpc) is 3.40. The summed E-state index contributed by atoms with van der Waals surface area (Å²) in [4.78, 5) is 35.9. The first-order chi connectivity index (χ1) is 16.0. The predicted octanol–water partition coefficient (Wildman–Crippen LogP) is 2.64. The van der Waals surface area contributed by atoms with Crippen molar-refractivity contribution in [3.05, 3.63) is 65.4 Å². The van der Waals surface area contributed by atoms with Gasteiger partial charge in [0, 0.05) is 12.3 Å². The van der Waals surface area contributed by atoms with Gasteiger partial charge in [-0.1, -0.05) is 48.5 Å². The van der Waals surface area contributed by atoms with Crippen molar-refractivity contribution in [2.75, 3.05) is 11.9 Å². The number of carboxylic acids is 1. The minimum atomic E-state index is -1.33. The van der Waals surface area contributed by atoms with Crippen LogP contribution < -0.4 is 10.6 Å². The van der Waals surface area contributed by atoms with Crippen LogP contribution in [0.4, 0.5) is 10.6 Å². The summed E-state index contributed by atoms with van der Waals surface area (Å²) in [6.07, 6.45) is 4.01. The number of rotatable bonds is 7. The van der Waals surface area contributed by atoms with Gasteiger partial charge in [0.25, 0.3) is 5.91 Å². The van der Waals surface area contributed by atoms with E-state index < -0.39 is 29.7 Å². The fourth-order valence-corrected chi connectivity index (χ4v) is 3.70. The van der Waals surface area contributed by atoms with Gasteiger partial charge in [-0.3, -0.25) is 10.1 Å². The molecule has 4 rings (SSSR count). The van der Waals surface area contributed by atoms with Gasteiger partial charge in [-0.25, -0.2) is 14.2 Å². The Balaban J connectivity index is 1.42. The maximum atomic E-state index is 12.4. The van der Waals surface area contributed by atoms with Crippen LogP contribution in [0, 0.1) is 12.3 Å². The van der Waals surface area contributed by atoms with Gasteiger partial charge >= 0.3 is 12.1 Å². The highest BCUT2D eigenvalue weighted by molar-refractivity contribution is 6.01. The van der Waals surface area contributed by atoms with Gasteiger partial charge in [-0.05, 0) is 32.6 Å². The number of anilines is 1. The van der Waals surface area contributed by atoms with E-state index in [0.717, 1.165) is 22.3 Å². The first-order valence-corrected chi connectivity index (χ1v) is 9.91. The zero-order valence-corrected chi connectivity index (χ0v) is 17.1. The minimum absolute atomic E-state index is 0.0515. The number of carbonyl (C=O) groups is 3. The lowest BCUT2D eigenvalue weighted by Gasteiger charge is -2.14. The maximum absolute atomic E-state index is 12.4. The standard InChI is InChI=1S/C23H18N4O6/c1-2-7-18(22(29)30)24-21(28)19-20(27-33-26-19)25-23(31)32-12-17-15-10-5-3-8-13(15)14-9-4-6-11-16(14)17/h1,3-6,8-11,17-18H,7,12H2,(H,24,28)(H,29,30)(H,25,27,31). The number of carboxylic acid groups (broad SMARTS) is 1. The minimum Gasteiger partial charge on any atom is -0.480 e. The molecule has 0 aliphatic heterocycles. The molecular weight excluding hydrogens is 428 g/mol. The molecule has 1 unspecified atom stereocenters. The summed E-state index contributed by atoms with van der Waals surface area (Å²) in [5, 5.41) is 20.5. The molecule has 1 aliphatic carbocycles. The first kappa shape index (κ1) is 21.6. The molecule has 10 heteroatoms. The second kappa shape index (κ2) is 9.23. The Hall–Kier alpha value is -4.65. The van der Waals surface area contributed by atoms with Crippen LogP contribution in [0.5, 0.6) is 0 Å². The molecular formula is C23H18N4O6. The molecule has 0 saturated heterocycles. The predicted molar refractivity (Wildman–Crippen MR) is 115 cm³/mol. The molecule has 0 spiro atoms. The van der Waals surface area contributed by atoms with E-state index in [2.05, 4.69) is 31.5 Å². The second-order valence-corrected chi connectivity index (χ2v) is 7.18. The van der Waals surface area contributed by atoms with Crippen LogP contribution in [0.15, 0.2) is 53.2 Å². The molecule has 1 aliphatic rings. The van der Waals surface area contributed by atoms with Crippen LogP contribution in [-0.2, 0) is 9.53 Å². The van der Waals surface area contributed by atoms with E-state index in [4.69, 9.17) is 16.3 Å². The van der Waals surface area contributed by atoms with Gasteiger partial charge in [0.15, 0.2) is 0 Å². The van der Waals surface area contributed by atoms with Gasteiger partial charge in [-0.2, -0.15) is 0 Å². The summed E-state index contributed by atoms with van der Waals surface area (Å²) in [7, 11) is 0. The molecule has 1 aromatic heterocycles. The summed E-state index contributed by atoms with van der Waals surface area (Å²) < 4.78 is 9.92. The fourth-order valence-electron chi connectivity index (χ4n) is 3.70. The summed E-state index contributed by atoms with van der Waals surface area (Å²) in [6, 6.07) is 14.4. The van der Waals surface area contributed by atoms with Crippen molar-refractivity contribution in [3.8, 4) is 23.5 Å². The van der Waals surface area contributed by atoms with Crippen molar-refractivity contribution in [3.63, 3.8) is 0 Å². The van der Waals surface area contributed by atoms with Crippen LogP contribution in [-0.4, -0.2) is 46.0 Å². The topological polar surface area (TPSA) is 144 Å². The van der Waals surface area contributed by atoms with Crippen LogP contribution in [0.1, 0.15) is 34.0 Å². The number of terminal acetylenes is 1. The number of amides is 2. The number of benzene rings is 2. The van der Waals surface area contributed by atoms with Crippen molar-refractivity contribution in [2.45, 2.75) is 18.4 Å². The van der Waals surface area contributed by atoms with E-state index in [9.17, 15) is 14.4 Å². The number of hydrogen-bond acceptors (Lipinski definition) is 7. The highest BCUT2D eigenvalue weighted by Crippen LogP contribution is 2.44. The van der Waals surface area contributed by atoms with Crippen molar-refractivity contribution in [1.29, 1.82) is 0 Å². The molecule has 166 valence electrons. The Morgan fingerprint density at radius 2 is 1.73 bits per heavy atom. The zero-order chi connectivity index (χ0) is 23.4. The second-order valence-electron chi connectivity index (χ2n) is 7.18. The monoisotopic (exact) mass is 446 g/mol. The number of aromatic nitrogens is 2. The first-order valence-electron chi connectivity index (χ1n) is 9.91. The maximum Gasteiger partial charge on any atom is 0.412 e. The number of aliphatic carboxylic acids is 1. The Labute approximate surface area is 187 Å². The third kappa shape index (κ3) is 4.38. The lowest BCUT2D eigenvalue weighted by atomic mass is 9.98. The quantitative estimate of drug-likeness (QED) is 0.470. The van der Waals surface area contributed by atoms with Crippen molar-refractivity contribution < 1.29 is 28.9 Å². The van der Waals surface area contributed by atoms with Gasteiger partial charge in [-0.15, -0.1) is 12.3 Å². The number of hydrogen-bond donors (Lipinski definition) is 3. The molecule has 1 heterocycles.